The standard InChI is InChI=1S/C75H57N3Si3/c1-10-34-61(35-11-1)79(62-36-12-2-13-37-62,63-38-14-3-15-39-63)70-52-28-31-58(55-70)73-76-74(59-32-29-53-71(56-59)80(64-40-16-4-17-41-64,65-42-18-5-19-43-65)66-44-20-6-21-45-66)78-75(77-73)60-33-30-54-72(57-60)81(67-46-22-7-23-47-67,68-48-24-8-25-49-68)69-50-26-9-27-51-69/h1-57H. The minimum absolute atomic E-state index is 0.611. The number of rotatable bonds is 15. The average Bonchev–Trinajstić information content (AvgIpc) is 3.65. The molecule has 12 aromatic carbocycles. The van der Waals surface area contributed by atoms with Crippen LogP contribution in [0.5, 0.6) is 0 Å². The van der Waals surface area contributed by atoms with Crippen LogP contribution < -0.4 is 62.2 Å². The topological polar surface area (TPSA) is 38.7 Å². The van der Waals surface area contributed by atoms with Crippen LogP contribution in [0, 0.1) is 0 Å². The molecule has 13 aromatic rings. The third-order valence-electron chi connectivity index (χ3n) is 16.2. The Morgan fingerprint density at radius 3 is 0.457 bits per heavy atom. The molecule has 6 heteroatoms. The first-order valence-corrected chi connectivity index (χ1v) is 33.8. The lowest BCUT2D eigenvalue weighted by Gasteiger charge is -2.34. The third kappa shape index (κ3) is 9.25. The third-order valence-corrected chi connectivity index (χ3v) is 30.5. The van der Waals surface area contributed by atoms with Gasteiger partial charge in [0.25, 0.3) is 0 Å². The van der Waals surface area contributed by atoms with E-state index in [1.807, 2.05) is 0 Å². The highest BCUT2D eigenvalue weighted by Crippen LogP contribution is 2.26. The Labute approximate surface area is 478 Å². The quantitative estimate of drug-likeness (QED) is 0.0761. The van der Waals surface area contributed by atoms with E-state index in [9.17, 15) is 0 Å². The number of aromatic nitrogens is 3. The molecule has 0 saturated heterocycles. The van der Waals surface area contributed by atoms with E-state index in [1.54, 1.807) is 0 Å². The van der Waals surface area contributed by atoms with E-state index < -0.39 is 24.2 Å². The zero-order valence-electron chi connectivity index (χ0n) is 44.8. The molecule has 0 amide bonds. The van der Waals surface area contributed by atoms with Gasteiger partial charge < -0.3 is 0 Å². The van der Waals surface area contributed by atoms with E-state index in [4.69, 9.17) is 15.0 Å². The molecule has 0 spiro atoms. The van der Waals surface area contributed by atoms with Crippen molar-refractivity contribution in [1.82, 2.24) is 15.0 Å². The highest BCUT2D eigenvalue weighted by molar-refractivity contribution is 7.21. The van der Waals surface area contributed by atoms with Crippen LogP contribution in [0.1, 0.15) is 0 Å². The predicted molar refractivity (Wildman–Crippen MR) is 347 cm³/mol. The van der Waals surface area contributed by atoms with Crippen LogP contribution in [0.4, 0.5) is 0 Å². The summed E-state index contributed by atoms with van der Waals surface area (Å²) in [6, 6.07) is 127. The second-order valence-electron chi connectivity index (χ2n) is 20.6. The summed E-state index contributed by atoms with van der Waals surface area (Å²) in [6.45, 7) is 0. The Kier molecular flexibility index (Phi) is 14.2. The van der Waals surface area contributed by atoms with E-state index in [1.165, 1.54) is 62.2 Å². The van der Waals surface area contributed by atoms with Crippen LogP contribution in [0.2, 0.25) is 0 Å². The van der Waals surface area contributed by atoms with Crippen LogP contribution in [-0.2, 0) is 0 Å². The first kappa shape index (κ1) is 50.8. The van der Waals surface area contributed by atoms with Crippen LogP contribution in [0.15, 0.2) is 346 Å². The molecule has 0 aliphatic heterocycles. The fourth-order valence-corrected chi connectivity index (χ4v) is 27.0. The Morgan fingerprint density at radius 1 is 0.148 bits per heavy atom. The lowest BCUT2D eigenvalue weighted by molar-refractivity contribution is 1.07. The normalized spacial score (nSPS) is 11.7. The van der Waals surface area contributed by atoms with Gasteiger partial charge in [-0.25, -0.2) is 15.0 Å². The molecular formula is C75H57N3Si3. The van der Waals surface area contributed by atoms with Crippen LogP contribution >= 0.6 is 0 Å². The van der Waals surface area contributed by atoms with E-state index in [0.717, 1.165) is 16.7 Å². The zero-order valence-corrected chi connectivity index (χ0v) is 47.8. The zero-order chi connectivity index (χ0) is 54.3. The summed E-state index contributed by atoms with van der Waals surface area (Å²) in [5.74, 6) is 1.83. The largest absolute Gasteiger partial charge is 0.208 e. The molecule has 0 bridgehead atoms. The summed E-state index contributed by atoms with van der Waals surface area (Å²) in [4.78, 5) is 16.8. The van der Waals surface area contributed by atoms with Crippen LogP contribution in [-0.4, -0.2) is 39.2 Å². The molecule has 1 aromatic heterocycles. The van der Waals surface area contributed by atoms with Crippen LogP contribution in [0.25, 0.3) is 34.2 Å². The van der Waals surface area contributed by atoms with Gasteiger partial charge in [0.2, 0.25) is 0 Å². The molecule has 0 unspecified atom stereocenters. The predicted octanol–water partition coefficient (Wildman–Crippen LogP) is 9.00. The number of benzene rings is 12. The molecular weight excluding hydrogens is 1030 g/mol. The molecule has 384 valence electrons. The molecule has 0 radical (unpaired) electrons. The van der Waals surface area contributed by atoms with Gasteiger partial charge in [-0.15, -0.1) is 0 Å². The van der Waals surface area contributed by atoms with Crippen molar-refractivity contribution >= 4 is 86.5 Å². The molecule has 1 heterocycles. The van der Waals surface area contributed by atoms with Gasteiger partial charge in [0, 0.05) is 16.7 Å². The SMILES string of the molecule is c1ccc([Si](c2ccccc2)(c2ccccc2)c2cccc(-c3nc(-c4cccc([Si](c5ccccc5)(c5ccccc5)c5ccccc5)c4)nc(-c4cccc([Si](c5ccccc5)(c5ccccc5)c5ccccc5)c4)n3)c2)cc1. The van der Waals surface area contributed by atoms with Gasteiger partial charge in [-0.2, -0.15) is 0 Å². The Balaban J connectivity index is 1.07. The average molecular weight is 1080 g/mol. The van der Waals surface area contributed by atoms with Crippen molar-refractivity contribution in [1.29, 1.82) is 0 Å². The van der Waals surface area contributed by atoms with Crippen molar-refractivity contribution in [3.05, 3.63) is 346 Å². The minimum Gasteiger partial charge on any atom is -0.208 e. The maximum Gasteiger partial charge on any atom is 0.179 e. The molecule has 0 fully saturated rings. The first-order chi connectivity index (χ1) is 40.2. The van der Waals surface area contributed by atoms with E-state index >= 15 is 0 Å². The molecule has 0 aliphatic carbocycles. The monoisotopic (exact) mass is 1080 g/mol. The fourth-order valence-electron chi connectivity index (χ4n) is 12.6. The van der Waals surface area contributed by atoms with Crippen molar-refractivity contribution in [2.75, 3.05) is 0 Å². The lowest BCUT2D eigenvalue weighted by Crippen LogP contribution is -2.74. The molecule has 3 nitrogen and oxygen atoms in total. The van der Waals surface area contributed by atoms with Crippen molar-refractivity contribution in [2.24, 2.45) is 0 Å². The minimum atomic E-state index is -2.93. The summed E-state index contributed by atoms with van der Waals surface area (Å²) in [5.41, 5.74) is 2.77. The summed E-state index contributed by atoms with van der Waals surface area (Å²) in [6.07, 6.45) is 0. The second kappa shape index (κ2) is 22.6. The van der Waals surface area contributed by atoms with E-state index in [0.29, 0.717) is 17.5 Å². The number of hydrogen-bond donors (Lipinski definition) is 0. The highest BCUT2D eigenvalue weighted by atomic mass is 28.3. The summed E-state index contributed by atoms with van der Waals surface area (Å²) >= 11 is 0. The Morgan fingerprint density at radius 2 is 0.296 bits per heavy atom. The van der Waals surface area contributed by atoms with Crippen molar-refractivity contribution < 1.29 is 0 Å². The van der Waals surface area contributed by atoms with Crippen molar-refractivity contribution in [2.45, 2.75) is 0 Å². The fraction of sp³-hybridized carbons (Fsp3) is 0. The van der Waals surface area contributed by atoms with Gasteiger partial charge in [-0.1, -0.05) is 346 Å². The Bertz CT molecular complexity index is 3460. The molecule has 0 saturated carbocycles. The maximum atomic E-state index is 5.61. The van der Waals surface area contributed by atoms with Crippen LogP contribution in [0.3, 0.4) is 0 Å². The lowest BCUT2D eigenvalue weighted by atomic mass is 10.1. The van der Waals surface area contributed by atoms with Gasteiger partial charge in [0.05, 0.1) is 0 Å². The maximum absolute atomic E-state index is 5.61. The summed E-state index contributed by atoms with van der Waals surface area (Å²) in [7, 11) is -8.80. The van der Waals surface area contributed by atoms with Gasteiger partial charge in [0.15, 0.2) is 41.7 Å². The van der Waals surface area contributed by atoms with E-state index in [2.05, 4.69) is 346 Å². The number of nitrogens with zero attached hydrogens (tertiary/aromatic N) is 3. The molecule has 0 atom stereocenters. The molecule has 13 rings (SSSR count). The van der Waals surface area contributed by atoms with E-state index in [-0.39, 0.29) is 0 Å². The number of hydrogen-bond acceptors (Lipinski definition) is 3. The van der Waals surface area contributed by atoms with Gasteiger partial charge in [0.1, 0.15) is 0 Å². The highest BCUT2D eigenvalue weighted by Gasteiger charge is 2.44. The second-order valence-corrected chi connectivity index (χ2v) is 32.0. The Hall–Kier alpha value is -9.70. The van der Waals surface area contributed by atoms with Gasteiger partial charge >= 0.3 is 0 Å². The first-order valence-electron chi connectivity index (χ1n) is 27.8. The van der Waals surface area contributed by atoms with Crippen molar-refractivity contribution in [3.63, 3.8) is 0 Å². The summed E-state index contributed by atoms with van der Waals surface area (Å²) < 4.78 is 0. The smallest absolute Gasteiger partial charge is 0.179 e. The molecule has 0 N–H and O–H groups in total. The molecule has 0 aliphatic rings. The van der Waals surface area contributed by atoms with Gasteiger partial charge in [-0.05, 0) is 62.2 Å². The van der Waals surface area contributed by atoms with Gasteiger partial charge in [-0.3, -0.25) is 0 Å². The summed E-state index contributed by atoms with van der Waals surface area (Å²) in [5, 5.41) is 15.4. The van der Waals surface area contributed by atoms with Crippen molar-refractivity contribution in [3.8, 4) is 34.2 Å². The molecule has 81 heavy (non-hydrogen) atoms.